The fraction of sp³-hybridized carbons (Fsp3) is 0.182. The van der Waals surface area contributed by atoms with E-state index in [1.54, 1.807) is 18.2 Å². The Labute approximate surface area is 168 Å². The van der Waals surface area contributed by atoms with Crippen molar-refractivity contribution < 1.29 is 14.0 Å². The Balaban J connectivity index is 1.55. The van der Waals surface area contributed by atoms with Gasteiger partial charge in [-0.05, 0) is 53.3 Å². The Morgan fingerprint density at radius 1 is 0.964 bits per heavy atom. The van der Waals surface area contributed by atoms with E-state index in [4.69, 9.17) is 4.42 Å². The number of furan rings is 1. The van der Waals surface area contributed by atoms with Crippen molar-refractivity contribution >= 4 is 29.3 Å². The van der Waals surface area contributed by atoms with Crippen LogP contribution in [0.5, 0.6) is 0 Å². The fourth-order valence-corrected chi connectivity index (χ4v) is 3.25. The summed E-state index contributed by atoms with van der Waals surface area (Å²) in [4.78, 5) is 24.4. The van der Waals surface area contributed by atoms with Crippen molar-refractivity contribution in [3.8, 4) is 0 Å². The van der Waals surface area contributed by atoms with E-state index in [0.717, 1.165) is 17.1 Å². The topological polar surface area (TPSA) is 71.3 Å². The molecule has 0 bridgehead atoms. The van der Waals surface area contributed by atoms with Gasteiger partial charge in [-0.15, -0.1) is 0 Å². The lowest BCUT2D eigenvalue weighted by Gasteiger charge is -2.09. The molecule has 0 radical (unpaired) electrons. The predicted molar refractivity (Wildman–Crippen MR) is 113 cm³/mol. The Hall–Kier alpha value is -2.99. The molecular weight excluding hydrogens is 372 g/mol. The van der Waals surface area contributed by atoms with E-state index in [9.17, 15) is 9.59 Å². The van der Waals surface area contributed by atoms with E-state index in [1.165, 1.54) is 11.8 Å². The fourth-order valence-electron chi connectivity index (χ4n) is 2.62. The molecule has 6 heteroatoms. The van der Waals surface area contributed by atoms with Crippen LogP contribution in [0.1, 0.15) is 39.0 Å². The van der Waals surface area contributed by atoms with Crippen LogP contribution in [-0.2, 0) is 12.3 Å². The number of anilines is 1. The number of carbonyl (C=O) groups excluding carboxylic acids is 2. The van der Waals surface area contributed by atoms with Crippen molar-refractivity contribution in [2.24, 2.45) is 0 Å². The van der Waals surface area contributed by atoms with Gasteiger partial charge in [0.05, 0.1) is 6.26 Å². The molecule has 2 amide bonds. The van der Waals surface area contributed by atoms with Gasteiger partial charge in [-0.25, -0.2) is 0 Å². The van der Waals surface area contributed by atoms with E-state index in [2.05, 4.69) is 17.6 Å². The zero-order valence-corrected chi connectivity index (χ0v) is 16.4. The lowest BCUT2D eigenvalue weighted by Crippen LogP contribution is -2.22. The predicted octanol–water partition coefficient (Wildman–Crippen LogP) is 4.72. The van der Waals surface area contributed by atoms with Gasteiger partial charge in [-0.3, -0.25) is 9.59 Å². The molecule has 0 aliphatic heterocycles. The summed E-state index contributed by atoms with van der Waals surface area (Å²) in [6, 6.07) is 18.3. The smallest absolute Gasteiger partial charge is 0.291 e. The number of benzene rings is 2. The minimum Gasteiger partial charge on any atom is -0.459 e. The molecule has 0 aliphatic carbocycles. The van der Waals surface area contributed by atoms with Crippen LogP contribution in [0.4, 0.5) is 5.69 Å². The van der Waals surface area contributed by atoms with Crippen molar-refractivity contribution in [3.05, 3.63) is 89.4 Å². The molecule has 0 aliphatic rings. The van der Waals surface area contributed by atoms with Crippen LogP contribution in [0, 0.1) is 0 Å². The summed E-state index contributed by atoms with van der Waals surface area (Å²) < 4.78 is 5.09. The Bertz CT molecular complexity index is 921. The third-order valence-electron chi connectivity index (χ3n) is 4.07. The third kappa shape index (κ3) is 5.50. The van der Waals surface area contributed by atoms with E-state index >= 15 is 0 Å². The van der Waals surface area contributed by atoms with E-state index in [0.29, 0.717) is 17.8 Å². The molecule has 2 aromatic carbocycles. The molecular formula is C22H22N2O3S. The quantitative estimate of drug-likeness (QED) is 0.580. The summed E-state index contributed by atoms with van der Waals surface area (Å²) in [7, 11) is 0. The summed E-state index contributed by atoms with van der Waals surface area (Å²) in [5, 5.41) is 5.69. The van der Waals surface area contributed by atoms with Crippen LogP contribution in [0.25, 0.3) is 0 Å². The molecule has 1 heterocycles. The highest BCUT2D eigenvalue weighted by molar-refractivity contribution is 7.98. The molecule has 5 nitrogen and oxygen atoms in total. The zero-order valence-electron chi connectivity index (χ0n) is 15.6. The van der Waals surface area contributed by atoms with Crippen LogP contribution in [0.3, 0.4) is 0 Å². The maximum atomic E-state index is 12.4. The first-order chi connectivity index (χ1) is 13.7. The number of carbonyl (C=O) groups is 2. The number of nitrogens with one attached hydrogen (secondary N) is 2. The molecule has 144 valence electrons. The first-order valence-corrected chi connectivity index (χ1v) is 10.2. The van der Waals surface area contributed by atoms with Gasteiger partial charge in [0.1, 0.15) is 0 Å². The number of hydrogen-bond donors (Lipinski definition) is 2. The first-order valence-electron chi connectivity index (χ1n) is 9.04. The highest BCUT2D eigenvalue weighted by Crippen LogP contribution is 2.14. The second-order valence-corrected chi connectivity index (χ2v) is 7.42. The highest BCUT2D eigenvalue weighted by Gasteiger charge is 2.09. The number of thioether (sulfide) groups is 1. The molecule has 2 N–H and O–H groups in total. The van der Waals surface area contributed by atoms with Crippen LogP contribution in [0.2, 0.25) is 0 Å². The van der Waals surface area contributed by atoms with Gasteiger partial charge in [0, 0.05) is 23.5 Å². The second kappa shape index (κ2) is 9.80. The average Bonchev–Trinajstić information content (AvgIpc) is 3.26. The summed E-state index contributed by atoms with van der Waals surface area (Å²) in [6.07, 6.45) is 1.45. The number of rotatable bonds is 8. The van der Waals surface area contributed by atoms with E-state index in [1.807, 2.05) is 54.2 Å². The standard InChI is InChI=1S/C22H22N2O3S/c1-2-28-15-16-8-10-18(11-9-16)21(25)23-14-17-5-3-6-19(13-17)24-22(26)20-7-4-12-27-20/h3-13H,2,14-15H2,1H3,(H,23,25)(H,24,26). The Kier molecular flexibility index (Phi) is 6.92. The minimum absolute atomic E-state index is 0.125. The lowest BCUT2D eigenvalue weighted by molar-refractivity contribution is 0.0949. The normalized spacial score (nSPS) is 10.5. The molecule has 1 aromatic heterocycles. The van der Waals surface area contributed by atoms with Crippen molar-refractivity contribution in [3.63, 3.8) is 0 Å². The zero-order chi connectivity index (χ0) is 19.8. The molecule has 0 unspecified atom stereocenters. The van der Waals surface area contributed by atoms with Crippen molar-refractivity contribution in [2.75, 3.05) is 11.1 Å². The van der Waals surface area contributed by atoms with Crippen LogP contribution >= 0.6 is 11.8 Å². The van der Waals surface area contributed by atoms with Crippen LogP contribution in [0.15, 0.2) is 71.3 Å². The average molecular weight is 394 g/mol. The van der Waals surface area contributed by atoms with Crippen molar-refractivity contribution in [1.82, 2.24) is 5.32 Å². The van der Waals surface area contributed by atoms with Crippen molar-refractivity contribution in [1.29, 1.82) is 0 Å². The summed E-state index contributed by atoms with van der Waals surface area (Å²) in [5.41, 5.74) is 3.38. The Morgan fingerprint density at radius 3 is 2.50 bits per heavy atom. The molecule has 28 heavy (non-hydrogen) atoms. The molecule has 0 spiro atoms. The van der Waals surface area contributed by atoms with Crippen molar-refractivity contribution in [2.45, 2.75) is 19.2 Å². The summed E-state index contributed by atoms with van der Waals surface area (Å²) in [5.74, 6) is 1.84. The molecule has 0 saturated heterocycles. The number of hydrogen-bond acceptors (Lipinski definition) is 4. The van der Waals surface area contributed by atoms with Crippen LogP contribution < -0.4 is 10.6 Å². The van der Waals surface area contributed by atoms with Crippen LogP contribution in [-0.4, -0.2) is 17.6 Å². The summed E-state index contributed by atoms with van der Waals surface area (Å²) >= 11 is 1.85. The summed E-state index contributed by atoms with van der Waals surface area (Å²) in [6.45, 7) is 2.50. The largest absolute Gasteiger partial charge is 0.459 e. The molecule has 0 fully saturated rings. The Morgan fingerprint density at radius 2 is 1.79 bits per heavy atom. The SMILES string of the molecule is CCSCc1ccc(C(=O)NCc2cccc(NC(=O)c3ccco3)c2)cc1. The van der Waals surface area contributed by atoms with Gasteiger partial charge in [-0.2, -0.15) is 11.8 Å². The maximum absolute atomic E-state index is 12.4. The van der Waals surface area contributed by atoms with E-state index in [-0.39, 0.29) is 17.6 Å². The molecule has 0 atom stereocenters. The monoisotopic (exact) mass is 394 g/mol. The van der Waals surface area contributed by atoms with Gasteiger partial charge >= 0.3 is 0 Å². The van der Waals surface area contributed by atoms with Gasteiger partial charge in [0.15, 0.2) is 5.76 Å². The van der Waals surface area contributed by atoms with E-state index < -0.39 is 0 Å². The van der Waals surface area contributed by atoms with Gasteiger partial charge in [-0.1, -0.05) is 31.2 Å². The lowest BCUT2D eigenvalue weighted by atomic mass is 10.1. The molecule has 3 aromatic rings. The molecule has 3 rings (SSSR count). The highest BCUT2D eigenvalue weighted by atomic mass is 32.2. The van der Waals surface area contributed by atoms with Gasteiger partial charge < -0.3 is 15.1 Å². The first kappa shape index (κ1) is 19.8. The second-order valence-electron chi connectivity index (χ2n) is 6.15. The van der Waals surface area contributed by atoms with Gasteiger partial charge in [0.25, 0.3) is 11.8 Å². The van der Waals surface area contributed by atoms with Gasteiger partial charge in [0.2, 0.25) is 0 Å². The minimum atomic E-state index is -0.312. The maximum Gasteiger partial charge on any atom is 0.291 e. The molecule has 0 saturated carbocycles. The third-order valence-corrected chi connectivity index (χ3v) is 5.02. The number of amides is 2.